The Balaban J connectivity index is 1.60. The van der Waals surface area contributed by atoms with Crippen LogP contribution < -0.4 is 21.7 Å². The Bertz CT molecular complexity index is 1030. The number of carbonyl (C=O) groups excluding carboxylic acids is 3. The van der Waals surface area contributed by atoms with Crippen LogP contribution in [0.1, 0.15) is 23.2 Å². The first kappa shape index (κ1) is 25.4. The van der Waals surface area contributed by atoms with Gasteiger partial charge < -0.3 is 31.1 Å². The Morgan fingerprint density at radius 1 is 1.31 bits per heavy atom. The van der Waals surface area contributed by atoms with Crippen LogP contribution in [0.15, 0.2) is 29.3 Å². The number of aliphatic carboxylic acids is 2. The molecule has 1 fully saturated rings. The Hall–Kier alpha value is -4.20. The third kappa shape index (κ3) is 6.03. The summed E-state index contributed by atoms with van der Waals surface area (Å²) in [7, 11) is 1.32. The number of hydrogen-bond donors (Lipinski definition) is 6. The first-order valence-electron chi connectivity index (χ1n) is 10.8. The van der Waals surface area contributed by atoms with Crippen molar-refractivity contribution in [1.82, 2.24) is 20.4 Å². The number of carbonyl (C=O) groups is 5. The minimum atomic E-state index is -1.28. The Kier molecular flexibility index (Phi) is 7.86. The minimum absolute atomic E-state index is 0.0264. The highest BCUT2D eigenvalue weighted by molar-refractivity contribution is 6.01. The average Bonchev–Trinajstić information content (AvgIpc) is 2.81. The molecule has 0 aromatic heterocycles. The molecule has 2 aliphatic rings. The molecule has 0 spiro atoms. The number of aliphatic imine (C=N–C) groups is 1. The summed E-state index contributed by atoms with van der Waals surface area (Å²) < 4.78 is 0. The van der Waals surface area contributed by atoms with Crippen LogP contribution >= 0.6 is 0 Å². The number of rotatable bonds is 10. The molecule has 1 aromatic rings. The lowest BCUT2D eigenvalue weighted by Gasteiger charge is -2.43. The Labute approximate surface area is 200 Å². The SMILES string of the molecule is CN(C(=O)c1ccc(NCC2CN(C=O)C3C(=O)NC(N)=NC3N2)cc1)C(CCC(=O)O)C(=O)O. The largest absolute Gasteiger partial charge is 0.481 e. The van der Waals surface area contributed by atoms with Crippen LogP contribution in [-0.2, 0) is 19.2 Å². The van der Waals surface area contributed by atoms with Gasteiger partial charge in [-0.05, 0) is 30.7 Å². The van der Waals surface area contributed by atoms with Gasteiger partial charge in [0, 0.05) is 43.9 Å². The number of nitrogens with zero attached hydrogens (tertiary/aromatic N) is 3. The number of likely N-dealkylation sites (N-methyl/N-ethyl adjacent to an activating group) is 1. The highest BCUT2D eigenvalue weighted by Crippen LogP contribution is 2.18. The number of nitrogens with one attached hydrogen (secondary N) is 3. The number of carboxylic acids is 2. The van der Waals surface area contributed by atoms with Crippen molar-refractivity contribution in [2.45, 2.75) is 37.1 Å². The molecule has 14 nitrogen and oxygen atoms in total. The van der Waals surface area contributed by atoms with E-state index in [2.05, 4.69) is 20.9 Å². The molecule has 3 rings (SSSR count). The smallest absolute Gasteiger partial charge is 0.326 e. The lowest BCUT2D eigenvalue weighted by molar-refractivity contribution is -0.143. The number of hydrogen-bond acceptors (Lipinski definition) is 9. The van der Waals surface area contributed by atoms with E-state index in [9.17, 15) is 29.1 Å². The molecular formula is C21H27N7O7. The van der Waals surface area contributed by atoms with Crippen LogP contribution in [0.25, 0.3) is 0 Å². The maximum atomic E-state index is 12.7. The fourth-order valence-electron chi connectivity index (χ4n) is 4.01. The van der Waals surface area contributed by atoms with Crippen LogP contribution in [-0.4, -0.2) is 101 Å². The van der Waals surface area contributed by atoms with Gasteiger partial charge in [-0.1, -0.05) is 0 Å². The number of amides is 3. The lowest BCUT2D eigenvalue weighted by atomic mass is 10.0. The summed E-state index contributed by atoms with van der Waals surface area (Å²) in [5.41, 5.74) is 6.52. The van der Waals surface area contributed by atoms with E-state index >= 15 is 0 Å². The van der Waals surface area contributed by atoms with Gasteiger partial charge in [-0.25, -0.2) is 9.79 Å². The molecule has 4 unspecified atom stereocenters. The summed E-state index contributed by atoms with van der Waals surface area (Å²) in [6.07, 6.45) is -0.663. The zero-order valence-corrected chi connectivity index (χ0v) is 18.9. The summed E-state index contributed by atoms with van der Waals surface area (Å²) in [6.45, 7) is 0.628. The summed E-state index contributed by atoms with van der Waals surface area (Å²) in [4.78, 5) is 65.1. The predicted molar refractivity (Wildman–Crippen MR) is 122 cm³/mol. The molecular weight excluding hydrogens is 462 g/mol. The van der Waals surface area contributed by atoms with Gasteiger partial charge in [0.1, 0.15) is 18.2 Å². The maximum Gasteiger partial charge on any atom is 0.326 e. The number of nitrogens with two attached hydrogens (primary N) is 1. The number of fused-ring (bicyclic) bond motifs is 1. The van der Waals surface area contributed by atoms with E-state index in [1.165, 1.54) is 24.1 Å². The predicted octanol–water partition coefficient (Wildman–Crippen LogP) is -1.94. The summed E-state index contributed by atoms with van der Waals surface area (Å²) in [5, 5.41) is 26.9. The van der Waals surface area contributed by atoms with Gasteiger partial charge >= 0.3 is 11.9 Å². The average molecular weight is 489 g/mol. The Morgan fingerprint density at radius 2 is 2.00 bits per heavy atom. The molecule has 0 radical (unpaired) electrons. The van der Waals surface area contributed by atoms with Crippen LogP contribution in [0.2, 0.25) is 0 Å². The van der Waals surface area contributed by atoms with E-state index in [1.54, 1.807) is 12.1 Å². The molecule has 14 heteroatoms. The van der Waals surface area contributed by atoms with Crippen molar-refractivity contribution in [2.24, 2.45) is 10.7 Å². The van der Waals surface area contributed by atoms with Crippen molar-refractivity contribution in [3.8, 4) is 0 Å². The summed E-state index contributed by atoms with van der Waals surface area (Å²) in [5.74, 6) is -3.42. The number of anilines is 1. The van der Waals surface area contributed by atoms with E-state index in [1.807, 2.05) is 0 Å². The van der Waals surface area contributed by atoms with Crippen LogP contribution in [0, 0.1) is 0 Å². The Morgan fingerprint density at radius 3 is 2.60 bits per heavy atom. The van der Waals surface area contributed by atoms with Crippen LogP contribution in [0.3, 0.4) is 0 Å². The lowest BCUT2D eigenvalue weighted by Crippen LogP contribution is -2.70. The van der Waals surface area contributed by atoms with E-state index in [0.717, 1.165) is 4.90 Å². The van der Waals surface area contributed by atoms with E-state index < -0.39 is 42.0 Å². The maximum absolute atomic E-state index is 12.7. The first-order valence-corrected chi connectivity index (χ1v) is 10.8. The van der Waals surface area contributed by atoms with Crippen molar-refractivity contribution < 1.29 is 34.2 Å². The third-order valence-electron chi connectivity index (χ3n) is 5.82. The van der Waals surface area contributed by atoms with Gasteiger partial charge in [-0.2, -0.15) is 0 Å². The summed E-state index contributed by atoms with van der Waals surface area (Å²) in [6, 6.07) is 4.02. The topological polar surface area (TPSA) is 207 Å². The van der Waals surface area contributed by atoms with Gasteiger partial charge in [0.15, 0.2) is 5.96 Å². The van der Waals surface area contributed by atoms with Gasteiger partial charge in [-0.3, -0.25) is 29.8 Å². The molecule has 0 bridgehead atoms. The quantitative estimate of drug-likeness (QED) is 0.200. The molecule has 2 aliphatic heterocycles. The fraction of sp³-hybridized carbons (Fsp3) is 0.429. The molecule has 2 heterocycles. The second-order valence-electron chi connectivity index (χ2n) is 8.22. The standard InChI is InChI=1S/C21H27N7O7/c1-27(14(20(34)35)6-7-15(30)31)19(33)11-2-4-12(5-3-11)23-8-13-9-28(10-29)16-17(24-13)25-21(22)26-18(16)32/h2-5,10,13-14,16-17,23-24H,6-9H2,1H3,(H,30,31)(H,34,35)(H3,22,25,26,32). The van der Waals surface area contributed by atoms with Crippen molar-refractivity contribution in [2.75, 3.05) is 25.5 Å². The highest BCUT2D eigenvalue weighted by Gasteiger charge is 2.42. The third-order valence-corrected chi connectivity index (χ3v) is 5.82. The van der Waals surface area contributed by atoms with E-state index in [-0.39, 0.29) is 37.0 Å². The molecule has 4 atom stereocenters. The van der Waals surface area contributed by atoms with Crippen molar-refractivity contribution >= 4 is 41.8 Å². The molecule has 35 heavy (non-hydrogen) atoms. The highest BCUT2D eigenvalue weighted by atomic mass is 16.4. The van der Waals surface area contributed by atoms with Crippen molar-refractivity contribution in [3.63, 3.8) is 0 Å². The number of benzene rings is 1. The van der Waals surface area contributed by atoms with Crippen molar-refractivity contribution in [1.29, 1.82) is 0 Å². The zero-order valence-electron chi connectivity index (χ0n) is 18.9. The second kappa shape index (κ2) is 10.8. The molecule has 0 aliphatic carbocycles. The molecule has 1 saturated heterocycles. The van der Waals surface area contributed by atoms with E-state index in [4.69, 9.17) is 10.8 Å². The summed E-state index contributed by atoms with van der Waals surface area (Å²) >= 11 is 0. The van der Waals surface area contributed by atoms with Gasteiger partial charge in [-0.15, -0.1) is 0 Å². The number of piperazine rings is 1. The normalized spacial score (nSPS) is 22.2. The zero-order chi connectivity index (χ0) is 25.7. The van der Waals surface area contributed by atoms with Crippen molar-refractivity contribution in [3.05, 3.63) is 29.8 Å². The number of carboxylic acid groups (broad SMARTS) is 2. The first-order chi connectivity index (χ1) is 16.6. The number of guanidine groups is 1. The fourth-order valence-corrected chi connectivity index (χ4v) is 4.01. The molecule has 0 saturated carbocycles. The van der Waals surface area contributed by atoms with Gasteiger partial charge in [0.25, 0.3) is 11.8 Å². The molecule has 3 amide bonds. The van der Waals surface area contributed by atoms with Crippen LogP contribution in [0.4, 0.5) is 5.69 Å². The molecule has 188 valence electrons. The van der Waals surface area contributed by atoms with E-state index in [0.29, 0.717) is 18.6 Å². The van der Waals surface area contributed by atoms with Gasteiger partial charge in [0.05, 0.1) is 0 Å². The molecule has 7 N–H and O–H groups in total. The van der Waals surface area contributed by atoms with Gasteiger partial charge in [0.2, 0.25) is 6.41 Å². The monoisotopic (exact) mass is 489 g/mol. The second-order valence-corrected chi connectivity index (χ2v) is 8.22. The minimum Gasteiger partial charge on any atom is -0.481 e. The molecule has 1 aromatic carbocycles. The van der Waals surface area contributed by atoms with Crippen LogP contribution in [0.5, 0.6) is 0 Å².